The fourth-order valence-electron chi connectivity index (χ4n) is 2.80. The molecule has 2 rings (SSSR count). The first-order chi connectivity index (χ1) is 12.3. The van der Waals surface area contributed by atoms with Crippen LogP contribution in [0.25, 0.3) is 10.9 Å². The van der Waals surface area contributed by atoms with Crippen LogP contribution in [0.15, 0.2) is 36.4 Å². The van der Waals surface area contributed by atoms with E-state index in [4.69, 9.17) is 0 Å². The maximum absolute atomic E-state index is 12.6. The third-order valence-electron chi connectivity index (χ3n) is 4.57. The number of hydrogen-bond donors (Lipinski definition) is 3. The van der Waals surface area contributed by atoms with Gasteiger partial charge in [-0.05, 0) is 25.0 Å². The van der Waals surface area contributed by atoms with Gasteiger partial charge in [0.25, 0.3) is 0 Å². The molecular weight excluding hydrogens is 336 g/mol. The summed E-state index contributed by atoms with van der Waals surface area (Å²) in [6, 6.07) is 11.3. The van der Waals surface area contributed by atoms with E-state index in [-0.39, 0.29) is 6.42 Å². The second-order valence-corrected chi connectivity index (χ2v) is 6.16. The number of aromatic nitrogens is 1. The molecule has 0 saturated heterocycles. The summed E-state index contributed by atoms with van der Waals surface area (Å²) in [6.07, 6.45) is 0.472. The summed E-state index contributed by atoms with van der Waals surface area (Å²) in [5.41, 5.74) is -0.820. The summed E-state index contributed by atoms with van der Waals surface area (Å²) in [5.74, 6) is -4.35. The van der Waals surface area contributed by atoms with E-state index in [1.165, 1.54) is 6.92 Å². The first-order valence-corrected chi connectivity index (χ1v) is 8.47. The average molecular weight is 358 g/mol. The number of fused-ring (bicyclic) bond motifs is 1. The number of rotatable bonds is 8. The zero-order valence-electron chi connectivity index (χ0n) is 14.7. The minimum absolute atomic E-state index is 0.256. The standard InChI is InChI=1S/C19H22N2O5/c1-3-12(16(22)21-19(4-2,17(23)24)18(25)26)11-14-10-9-13-7-5-6-8-15(13)20-14/h5-10,12H,3-4,11H2,1-2H3,(H,21,22)(H,23,24)(H,25,26). The minimum atomic E-state index is -2.32. The number of nitrogens with one attached hydrogen (secondary N) is 1. The lowest BCUT2D eigenvalue weighted by atomic mass is 9.92. The molecule has 0 aliphatic heterocycles. The molecule has 26 heavy (non-hydrogen) atoms. The van der Waals surface area contributed by atoms with Gasteiger partial charge in [0, 0.05) is 23.4 Å². The number of hydrogen-bond acceptors (Lipinski definition) is 4. The molecule has 0 bridgehead atoms. The van der Waals surface area contributed by atoms with Crippen molar-refractivity contribution in [3.8, 4) is 0 Å². The van der Waals surface area contributed by atoms with E-state index < -0.39 is 29.3 Å². The van der Waals surface area contributed by atoms with Crippen LogP contribution in [-0.2, 0) is 20.8 Å². The predicted molar refractivity (Wildman–Crippen MR) is 95.7 cm³/mol. The fraction of sp³-hybridized carbons (Fsp3) is 0.368. The Morgan fingerprint density at radius 3 is 2.31 bits per heavy atom. The summed E-state index contributed by atoms with van der Waals surface area (Å²) in [6.45, 7) is 3.20. The smallest absolute Gasteiger partial charge is 0.341 e. The highest BCUT2D eigenvalue weighted by Gasteiger charge is 2.47. The molecule has 1 aromatic heterocycles. The summed E-state index contributed by atoms with van der Waals surface area (Å²) >= 11 is 0. The molecule has 1 heterocycles. The zero-order valence-corrected chi connectivity index (χ0v) is 14.7. The number of nitrogens with zero attached hydrogens (tertiary/aromatic N) is 1. The largest absolute Gasteiger partial charge is 0.479 e. The summed E-state index contributed by atoms with van der Waals surface area (Å²) in [7, 11) is 0. The van der Waals surface area contributed by atoms with Crippen molar-refractivity contribution in [3.05, 3.63) is 42.1 Å². The predicted octanol–water partition coefficient (Wildman–Crippen LogP) is 2.24. The van der Waals surface area contributed by atoms with Gasteiger partial charge in [0.15, 0.2) is 0 Å². The highest BCUT2D eigenvalue weighted by atomic mass is 16.4. The van der Waals surface area contributed by atoms with Crippen LogP contribution in [0.1, 0.15) is 32.4 Å². The van der Waals surface area contributed by atoms with Crippen LogP contribution < -0.4 is 5.32 Å². The van der Waals surface area contributed by atoms with Gasteiger partial charge in [0.1, 0.15) is 0 Å². The molecule has 0 aliphatic carbocycles. The molecule has 0 saturated carbocycles. The number of carbonyl (C=O) groups is 3. The first kappa shape index (κ1) is 19.4. The number of carboxylic acid groups (broad SMARTS) is 2. The Morgan fingerprint density at radius 1 is 1.08 bits per heavy atom. The quantitative estimate of drug-likeness (QED) is 0.623. The Kier molecular flexibility index (Phi) is 5.92. The van der Waals surface area contributed by atoms with Crippen molar-refractivity contribution < 1.29 is 24.6 Å². The Morgan fingerprint density at radius 2 is 1.73 bits per heavy atom. The summed E-state index contributed by atoms with van der Waals surface area (Å²) in [4.78, 5) is 40.0. The van der Waals surface area contributed by atoms with Gasteiger partial charge >= 0.3 is 11.9 Å². The molecule has 1 atom stereocenters. The SMILES string of the molecule is CCC(Cc1ccc2ccccc2n1)C(=O)NC(CC)(C(=O)O)C(=O)O. The van der Waals surface area contributed by atoms with Crippen LogP contribution in [0.4, 0.5) is 0 Å². The van der Waals surface area contributed by atoms with Crippen LogP contribution in [0.2, 0.25) is 0 Å². The Balaban J connectivity index is 2.21. The average Bonchev–Trinajstić information content (AvgIpc) is 2.63. The lowest BCUT2D eigenvalue weighted by molar-refractivity contribution is -0.162. The molecule has 138 valence electrons. The fourth-order valence-corrected chi connectivity index (χ4v) is 2.80. The molecule has 0 fully saturated rings. The lowest BCUT2D eigenvalue weighted by Gasteiger charge is -2.27. The van der Waals surface area contributed by atoms with E-state index in [0.717, 1.165) is 10.9 Å². The highest BCUT2D eigenvalue weighted by molar-refractivity contribution is 6.06. The number of pyridine rings is 1. The van der Waals surface area contributed by atoms with Gasteiger partial charge in [0.05, 0.1) is 5.52 Å². The Hall–Kier alpha value is -2.96. The molecule has 0 spiro atoms. The number of carbonyl (C=O) groups excluding carboxylic acids is 1. The third kappa shape index (κ3) is 3.82. The van der Waals surface area contributed by atoms with E-state index in [0.29, 0.717) is 18.5 Å². The van der Waals surface area contributed by atoms with Gasteiger partial charge in [-0.2, -0.15) is 0 Å². The molecule has 7 nitrogen and oxygen atoms in total. The lowest BCUT2D eigenvalue weighted by Crippen LogP contribution is -2.61. The van der Waals surface area contributed by atoms with Gasteiger partial charge in [-0.25, -0.2) is 9.59 Å². The maximum Gasteiger partial charge on any atom is 0.341 e. The Labute approximate surface area is 151 Å². The van der Waals surface area contributed by atoms with Crippen molar-refractivity contribution in [2.24, 2.45) is 5.92 Å². The molecule has 1 unspecified atom stereocenters. The van der Waals surface area contributed by atoms with Crippen molar-refractivity contribution in [1.29, 1.82) is 0 Å². The van der Waals surface area contributed by atoms with Crippen molar-refractivity contribution in [2.75, 3.05) is 0 Å². The molecule has 2 aromatic rings. The van der Waals surface area contributed by atoms with Gasteiger partial charge < -0.3 is 15.5 Å². The number of amides is 1. The van der Waals surface area contributed by atoms with Crippen molar-refractivity contribution in [1.82, 2.24) is 10.3 Å². The molecule has 3 N–H and O–H groups in total. The second kappa shape index (κ2) is 7.95. The van der Waals surface area contributed by atoms with Gasteiger partial charge in [0.2, 0.25) is 11.4 Å². The van der Waals surface area contributed by atoms with E-state index in [1.54, 1.807) is 6.92 Å². The summed E-state index contributed by atoms with van der Waals surface area (Å²) < 4.78 is 0. The molecule has 1 amide bonds. The number of para-hydroxylation sites is 1. The molecule has 7 heteroatoms. The van der Waals surface area contributed by atoms with Gasteiger partial charge in [-0.15, -0.1) is 0 Å². The van der Waals surface area contributed by atoms with Crippen molar-refractivity contribution in [3.63, 3.8) is 0 Å². The maximum atomic E-state index is 12.6. The monoisotopic (exact) mass is 358 g/mol. The van der Waals surface area contributed by atoms with Crippen LogP contribution in [0.5, 0.6) is 0 Å². The number of aliphatic carboxylic acids is 2. The van der Waals surface area contributed by atoms with Gasteiger partial charge in [-0.1, -0.05) is 38.1 Å². The van der Waals surface area contributed by atoms with Crippen LogP contribution in [0.3, 0.4) is 0 Å². The third-order valence-corrected chi connectivity index (χ3v) is 4.57. The number of benzene rings is 1. The molecule has 0 aliphatic rings. The second-order valence-electron chi connectivity index (χ2n) is 6.16. The van der Waals surface area contributed by atoms with Gasteiger partial charge in [-0.3, -0.25) is 9.78 Å². The zero-order chi connectivity index (χ0) is 19.3. The van der Waals surface area contributed by atoms with Crippen molar-refractivity contribution >= 4 is 28.7 Å². The van der Waals surface area contributed by atoms with Crippen LogP contribution in [-0.4, -0.2) is 38.6 Å². The Bertz CT molecular complexity index is 820. The molecule has 0 radical (unpaired) electrons. The topological polar surface area (TPSA) is 117 Å². The van der Waals surface area contributed by atoms with Crippen molar-refractivity contribution in [2.45, 2.75) is 38.6 Å². The van der Waals surface area contributed by atoms with Crippen LogP contribution in [0, 0.1) is 5.92 Å². The van der Waals surface area contributed by atoms with E-state index >= 15 is 0 Å². The van der Waals surface area contributed by atoms with E-state index in [9.17, 15) is 24.6 Å². The normalized spacial score (nSPS) is 12.5. The van der Waals surface area contributed by atoms with E-state index in [1.807, 2.05) is 36.4 Å². The van der Waals surface area contributed by atoms with E-state index in [2.05, 4.69) is 10.3 Å². The molecule has 1 aromatic carbocycles. The van der Waals surface area contributed by atoms with Crippen LogP contribution >= 0.6 is 0 Å². The summed E-state index contributed by atoms with van der Waals surface area (Å²) in [5, 5.41) is 21.8. The number of carboxylic acids is 2. The highest BCUT2D eigenvalue weighted by Crippen LogP contribution is 2.18. The molecular formula is C19H22N2O5. The minimum Gasteiger partial charge on any atom is -0.479 e. The first-order valence-electron chi connectivity index (χ1n) is 8.47.